The molecule has 0 saturated heterocycles. The molecule has 2 N–H and O–H groups in total. The molecular weight excluding hydrogens is 228 g/mol. The molecule has 1 aromatic rings. The van der Waals surface area contributed by atoms with Crippen molar-refractivity contribution in [3.05, 3.63) is 35.4 Å². The van der Waals surface area contributed by atoms with Gasteiger partial charge in [0.05, 0.1) is 18.8 Å². The van der Waals surface area contributed by atoms with Crippen molar-refractivity contribution in [1.82, 2.24) is 0 Å². The first-order valence-corrected chi connectivity index (χ1v) is 6.74. The molecule has 0 amide bonds. The molecule has 100 valence electrons. The second-order valence-electron chi connectivity index (χ2n) is 4.99. The van der Waals surface area contributed by atoms with E-state index in [1.54, 1.807) is 0 Å². The van der Waals surface area contributed by atoms with Crippen molar-refractivity contribution in [1.29, 1.82) is 0 Å². The summed E-state index contributed by atoms with van der Waals surface area (Å²) in [6.07, 6.45) is 1.59. The third-order valence-electron chi connectivity index (χ3n) is 3.69. The summed E-state index contributed by atoms with van der Waals surface area (Å²) >= 11 is 0. The van der Waals surface area contributed by atoms with Crippen LogP contribution >= 0.6 is 0 Å². The molecule has 3 nitrogen and oxygen atoms in total. The first-order valence-electron chi connectivity index (χ1n) is 6.74. The number of aryl methyl sites for hydroxylation is 1. The highest BCUT2D eigenvalue weighted by Gasteiger charge is 2.29. The Morgan fingerprint density at radius 2 is 2.17 bits per heavy atom. The molecular formula is C15H22O3. The largest absolute Gasteiger partial charge is 0.391 e. The number of ether oxygens (including phenoxy) is 1. The fourth-order valence-electron chi connectivity index (χ4n) is 2.72. The van der Waals surface area contributed by atoms with Crippen LogP contribution in [0.4, 0.5) is 0 Å². The topological polar surface area (TPSA) is 49.7 Å². The van der Waals surface area contributed by atoms with E-state index in [0.29, 0.717) is 19.6 Å². The van der Waals surface area contributed by atoms with Gasteiger partial charge in [-0.15, -0.1) is 0 Å². The standard InChI is InChI=1S/C15H22O3/c1-2-18-10-13(16)9-12-8-7-11-5-3-4-6-14(11)15(12)17/h3-6,12-13,15-17H,2,7-10H2,1H3. The van der Waals surface area contributed by atoms with E-state index < -0.39 is 12.2 Å². The van der Waals surface area contributed by atoms with Gasteiger partial charge in [0, 0.05) is 6.61 Å². The molecule has 0 heterocycles. The summed E-state index contributed by atoms with van der Waals surface area (Å²) in [5, 5.41) is 20.2. The molecule has 1 aliphatic carbocycles. The lowest BCUT2D eigenvalue weighted by Gasteiger charge is -2.31. The molecule has 0 spiro atoms. The molecule has 18 heavy (non-hydrogen) atoms. The Hall–Kier alpha value is -0.900. The van der Waals surface area contributed by atoms with E-state index in [4.69, 9.17) is 4.74 Å². The highest BCUT2D eigenvalue weighted by molar-refractivity contribution is 5.31. The molecule has 3 unspecified atom stereocenters. The van der Waals surface area contributed by atoms with Crippen molar-refractivity contribution in [3.8, 4) is 0 Å². The van der Waals surface area contributed by atoms with Crippen LogP contribution < -0.4 is 0 Å². The van der Waals surface area contributed by atoms with Gasteiger partial charge < -0.3 is 14.9 Å². The molecule has 2 rings (SSSR count). The van der Waals surface area contributed by atoms with Gasteiger partial charge in [0.25, 0.3) is 0 Å². The fraction of sp³-hybridized carbons (Fsp3) is 0.600. The number of aliphatic hydroxyl groups excluding tert-OH is 2. The first kappa shape index (κ1) is 13.5. The number of rotatable bonds is 5. The highest BCUT2D eigenvalue weighted by atomic mass is 16.5. The molecule has 3 heteroatoms. The van der Waals surface area contributed by atoms with E-state index in [-0.39, 0.29) is 5.92 Å². The molecule has 1 aromatic carbocycles. The molecule has 0 aliphatic heterocycles. The summed E-state index contributed by atoms with van der Waals surface area (Å²) in [7, 11) is 0. The Balaban J connectivity index is 1.96. The van der Waals surface area contributed by atoms with Crippen LogP contribution in [0.25, 0.3) is 0 Å². The van der Waals surface area contributed by atoms with Crippen LogP contribution in [-0.4, -0.2) is 29.5 Å². The van der Waals surface area contributed by atoms with Gasteiger partial charge in [-0.1, -0.05) is 24.3 Å². The lowest BCUT2D eigenvalue weighted by Crippen LogP contribution is -2.27. The van der Waals surface area contributed by atoms with Crippen LogP contribution in [0, 0.1) is 5.92 Å². The predicted molar refractivity (Wildman–Crippen MR) is 70.3 cm³/mol. The van der Waals surface area contributed by atoms with Crippen molar-refractivity contribution in [2.75, 3.05) is 13.2 Å². The van der Waals surface area contributed by atoms with Gasteiger partial charge >= 0.3 is 0 Å². The summed E-state index contributed by atoms with van der Waals surface area (Å²) in [6.45, 7) is 2.90. The van der Waals surface area contributed by atoms with Gasteiger partial charge in [-0.05, 0) is 43.2 Å². The Bertz CT molecular complexity index is 378. The first-order chi connectivity index (χ1) is 8.72. The number of fused-ring (bicyclic) bond motifs is 1. The molecule has 0 fully saturated rings. The summed E-state index contributed by atoms with van der Waals surface area (Å²) in [6, 6.07) is 8.03. The molecule has 0 aromatic heterocycles. The minimum atomic E-state index is -0.477. The maximum atomic E-state index is 10.3. The van der Waals surface area contributed by atoms with Crippen molar-refractivity contribution in [2.45, 2.75) is 38.4 Å². The zero-order valence-corrected chi connectivity index (χ0v) is 10.9. The summed E-state index contributed by atoms with van der Waals surface area (Å²) < 4.78 is 5.21. The number of hydrogen-bond donors (Lipinski definition) is 2. The van der Waals surface area contributed by atoms with Gasteiger partial charge in [-0.3, -0.25) is 0 Å². The maximum absolute atomic E-state index is 10.3. The van der Waals surface area contributed by atoms with Crippen molar-refractivity contribution < 1.29 is 14.9 Å². The molecule has 1 aliphatic rings. The van der Waals surface area contributed by atoms with Gasteiger partial charge in [-0.2, -0.15) is 0 Å². The second kappa shape index (κ2) is 6.32. The van der Waals surface area contributed by atoms with E-state index in [1.807, 2.05) is 25.1 Å². The lowest BCUT2D eigenvalue weighted by atomic mass is 9.79. The summed E-state index contributed by atoms with van der Waals surface area (Å²) in [5.41, 5.74) is 2.26. The fourth-order valence-corrected chi connectivity index (χ4v) is 2.72. The normalized spacial score (nSPS) is 24.6. The third-order valence-corrected chi connectivity index (χ3v) is 3.69. The SMILES string of the molecule is CCOCC(O)CC1CCc2ccccc2C1O. The van der Waals surface area contributed by atoms with E-state index in [1.165, 1.54) is 5.56 Å². The molecule has 3 atom stereocenters. The second-order valence-corrected chi connectivity index (χ2v) is 4.99. The summed E-state index contributed by atoms with van der Waals surface area (Å²) in [4.78, 5) is 0. The van der Waals surface area contributed by atoms with Crippen LogP contribution in [0.3, 0.4) is 0 Å². The van der Waals surface area contributed by atoms with E-state index in [0.717, 1.165) is 18.4 Å². The Morgan fingerprint density at radius 3 is 2.94 bits per heavy atom. The number of aliphatic hydroxyl groups is 2. The number of hydrogen-bond acceptors (Lipinski definition) is 3. The molecule has 0 radical (unpaired) electrons. The molecule has 0 bridgehead atoms. The van der Waals surface area contributed by atoms with Crippen LogP contribution in [-0.2, 0) is 11.2 Å². The predicted octanol–water partition coefficient (Wildman–Crippen LogP) is 2.07. The minimum absolute atomic E-state index is 0.135. The van der Waals surface area contributed by atoms with Crippen LogP contribution in [0.2, 0.25) is 0 Å². The van der Waals surface area contributed by atoms with E-state index >= 15 is 0 Å². The van der Waals surface area contributed by atoms with E-state index in [2.05, 4.69) is 6.07 Å². The average Bonchev–Trinajstić information content (AvgIpc) is 2.40. The Labute approximate surface area is 108 Å². The van der Waals surface area contributed by atoms with Crippen molar-refractivity contribution >= 4 is 0 Å². The molecule has 0 saturated carbocycles. The van der Waals surface area contributed by atoms with Crippen LogP contribution in [0.1, 0.15) is 37.0 Å². The van der Waals surface area contributed by atoms with Gasteiger partial charge in [0.1, 0.15) is 0 Å². The van der Waals surface area contributed by atoms with Crippen LogP contribution in [0.5, 0.6) is 0 Å². The Kier molecular flexibility index (Phi) is 4.75. The smallest absolute Gasteiger partial charge is 0.0821 e. The van der Waals surface area contributed by atoms with E-state index in [9.17, 15) is 10.2 Å². The van der Waals surface area contributed by atoms with Crippen LogP contribution in [0.15, 0.2) is 24.3 Å². The zero-order valence-electron chi connectivity index (χ0n) is 10.9. The minimum Gasteiger partial charge on any atom is -0.391 e. The maximum Gasteiger partial charge on any atom is 0.0821 e. The average molecular weight is 250 g/mol. The van der Waals surface area contributed by atoms with Gasteiger partial charge in [-0.25, -0.2) is 0 Å². The monoisotopic (exact) mass is 250 g/mol. The van der Waals surface area contributed by atoms with Gasteiger partial charge in [0.2, 0.25) is 0 Å². The zero-order chi connectivity index (χ0) is 13.0. The number of benzene rings is 1. The summed E-state index contributed by atoms with van der Waals surface area (Å²) in [5.74, 6) is 0.135. The van der Waals surface area contributed by atoms with Crippen molar-refractivity contribution in [3.63, 3.8) is 0 Å². The van der Waals surface area contributed by atoms with Gasteiger partial charge in [0.15, 0.2) is 0 Å². The van der Waals surface area contributed by atoms with Crippen molar-refractivity contribution in [2.24, 2.45) is 5.92 Å². The highest BCUT2D eigenvalue weighted by Crippen LogP contribution is 2.36. The lowest BCUT2D eigenvalue weighted by molar-refractivity contribution is 0.00323. The third kappa shape index (κ3) is 3.10. The quantitative estimate of drug-likeness (QED) is 0.841. The Morgan fingerprint density at radius 1 is 1.39 bits per heavy atom.